The summed E-state index contributed by atoms with van der Waals surface area (Å²) in [6.07, 6.45) is 1.84. The number of aromatic nitrogens is 4. The number of rotatable bonds is 2. The van der Waals surface area contributed by atoms with E-state index in [1.54, 1.807) is 6.92 Å². The van der Waals surface area contributed by atoms with Crippen LogP contribution in [0.1, 0.15) is 31.3 Å². The number of anilines is 2. The number of amides is 1. The van der Waals surface area contributed by atoms with Crippen LogP contribution in [0.15, 0.2) is 42.6 Å². The molecule has 2 aromatic heterocycles. The van der Waals surface area contributed by atoms with Gasteiger partial charge in [-0.3, -0.25) is 9.36 Å². The zero-order valence-electron chi connectivity index (χ0n) is 18.1. The summed E-state index contributed by atoms with van der Waals surface area (Å²) in [7, 11) is 0. The van der Waals surface area contributed by atoms with E-state index in [0.717, 1.165) is 55.0 Å². The van der Waals surface area contributed by atoms with Gasteiger partial charge in [-0.25, -0.2) is 4.98 Å². The van der Waals surface area contributed by atoms with Crippen molar-refractivity contribution in [1.29, 1.82) is 0 Å². The van der Waals surface area contributed by atoms with E-state index in [9.17, 15) is 4.79 Å². The van der Waals surface area contributed by atoms with Crippen molar-refractivity contribution in [1.82, 2.24) is 24.6 Å². The molecule has 0 aliphatic carbocycles. The number of fused-ring (bicyclic) bond motifs is 3. The molecule has 0 radical (unpaired) electrons. The third kappa shape index (κ3) is 2.89. The summed E-state index contributed by atoms with van der Waals surface area (Å²) in [5.41, 5.74) is 2.27. The fraction of sp³-hybridized carbons (Fsp3) is 0.391. The van der Waals surface area contributed by atoms with Gasteiger partial charge in [-0.15, -0.1) is 10.2 Å². The van der Waals surface area contributed by atoms with Gasteiger partial charge >= 0.3 is 0 Å². The average molecular weight is 450 g/mol. The zero-order chi connectivity index (χ0) is 22.0. The standard InChI is InChI=1S/C23H24ClN7O/c1-15-18-9-17(24)6-7-19(18)31-21(10-30(15)16(2)32)26-27-22(31)29-13-23(14-29)11-28(12-23)20-5-3-4-8-25-20/h3-9,15H,10-14H2,1-2H3. The van der Waals surface area contributed by atoms with Crippen LogP contribution in [-0.2, 0) is 11.3 Å². The molecule has 0 bridgehead atoms. The summed E-state index contributed by atoms with van der Waals surface area (Å²) in [5.74, 6) is 2.65. The van der Waals surface area contributed by atoms with E-state index in [1.165, 1.54) is 0 Å². The summed E-state index contributed by atoms with van der Waals surface area (Å²) in [5, 5.41) is 9.69. The predicted molar refractivity (Wildman–Crippen MR) is 122 cm³/mol. The SMILES string of the molecule is CC(=O)N1Cc2nnc(N3CC4(CN(c5ccccn5)C4)C3)n2-c2ccc(Cl)cc2C1C. The molecule has 2 fully saturated rings. The largest absolute Gasteiger partial charge is 0.355 e. The van der Waals surface area contributed by atoms with Crippen molar-refractivity contribution < 1.29 is 4.79 Å². The van der Waals surface area contributed by atoms with Crippen molar-refractivity contribution in [3.05, 3.63) is 59.0 Å². The molecule has 164 valence electrons. The van der Waals surface area contributed by atoms with E-state index in [0.29, 0.717) is 11.6 Å². The number of carbonyl (C=O) groups is 1. The molecule has 3 aliphatic rings. The molecule has 1 spiro atoms. The van der Waals surface area contributed by atoms with Gasteiger partial charge in [-0.05, 0) is 37.3 Å². The van der Waals surface area contributed by atoms with Crippen molar-refractivity contribution in [2.45, 2.75) is 26.4 Å². The third-order valence-electron chi connectivity index (χ3n) is 6.94. The summed E-state index contributed by atoms with van der Waals surface area (Å²) < 4.78 is 2.10. The number of carbonyl (C=O) groups excluding carboxylic acids is 1. The fourth-order valence-electron chi connectivity index (χ4n) is 5.34. The van der Waals surface area contributed by atoms with E-state index in [2.05, 4.69) is 35.6 Å². The van der Waals surface area contributed by atoms with E-state index >= 15 is 0 Å². The van der Waals surface area contributed by atoms with Gasteiger partial charge in [-0.1, -0.05) is 17.7 Å². The monoisotopic (exact) mass is 449 g/mol. The maximum absolute atomic E-state index is 12.4. The van der Waals surface area contributed by atoms with Crippen LogP contribution < -0.4 is 9.80 Å². The highest BCUT2D eigenvalue weighted by Gasteiger charge is 2.53. The summed E-state index contributed by atoms with van der Waals surface area (Å²) in [4.78, 5) is 23.3. The molecule has 1 aromatic carbocycles. The lowest BCUT2D eigenvalue weighted by molar-refractivity contribution is -0.131. The summed E-state index contributed by atoms with van der Waals surface area (Å²) >= 11 is 6.33. The Kier molecular flexibility index (Phi) is 4.24. The molecule has 5 heterocycles. The Morgan fingerprint density at radius 2 is 1.88 bits per heavy atom. The number of benzene rings is 1. The molecule has 8 nitrogen and oxygen atoms in total. The maximum Gasteiger partial charge on any atom is 0.232 e. The highest BCUT2D eigenvalue weighted by Crippen LogP contribution is 2.44. The van der Waals surface area contributed by atoms with Crippen LogP contribution in [0.2, 0.25) is 5.02 Å². The lowest BCUT2D eigenvalue weighted by atomic mass is 9.73. The van der Waals surface area contributed by atoms with Crippen LogP contribution in [0.3, 0.4) is 0 Å². The molecule has 32 heavy (non-hydrogen) atoms. The van der Waals surface area contributed by atoms with Gasteiger partial charge in [0.1, 0.15) is 5.82 Å². The number of pyridine rings is 1. The first-order valence-electron chi connectivity index (χ1n) is 10.9. The van der Waals surface area contributed by atoms with E-state index < -0.39 is 0 Å². The highest BCUT2D eigenvalue weighted by molar-refractivity contribution is 6.30. The Morgan fingerprint density at radius 1 is 1.09 bits per heavy atom. The van der Waals surface area contributed by atoms with Gasteiger partial charge in [0.05, 0.1) is 18.3 Å². The zero-order valence-corrected chi connectivity index (χ0v) is 18.8. The van der Waals surface area contributed by atoms with Crippen molar-refractivity contribution in [3.8, 4) is 5.69 Å². The van der Waals surface area contributed by atoms with Crippen molar-refractivity contribution >= 4 is 29.3 Å². The van der Waals surface area contributed by atoms with Gasteiger partial charge in [0, 0.05) is 55.3 Å². The minimum atomic E-state index is -0.1000. The second kappa shape index (κ2) is 6.93. The van der Waals surface area contributed by atoms with Crippen LogP contribution in [-0.4, -0.2) is 56.7 Å². The van der Waals surface area contributed by atoms with E-state index in [-0.39, 0.29) is 17.4 Å². The minimum absolute atomic E-state index is 0.00779. The molecule has 6 rings (SSSR count). The fourth-order valence-corrected chi connectivity index (χ4v) is 5.52. The van der Waals surface area contributed by atoms with Crippen molar-refractivity contribution in [3.63, 3.8) is 0 Å². The number of nitrogens with zero attached hydrogens (tertiary/aromatic N) is 7. The lowest BCUT2D eigenvalue weighted by Crippen LogP contribution is -2.73. The smallest absolute Gasteiger partial charge is 0.232 e. The predicted octanol–water partition coefficient (Wildman–Crippen LogP) is 3.07. The quantitative estimate of drug-likeness (QED) is 0.599. The Bertz CT molecular complexity index is 1200. The van der Waals surface area contributed by atoms with Gasteiger partial charge in [-0.2, -0.15) is 0 Å². The molecule has 9 heteroatoms. The van der Waals surface area contributed by atoms with Crippen LogP contribution in [0.25, 0.3) is 5.69 Å². The first-order valence-corrected chi connectivity index (χ1v) is 11.2. The second-order valence-corrected chi connectivity index (χ2v) is 9.61. The van der Waals surface area contributed by atoms with Crippen molar-refractivity contribution in [2.75, 3.05) is 36.0 Å². The van der Waals surface area contributed by atoms with E-state index in [4.69, 9.17) is 11.6 Å². The molecule has 1 unspecified atom stereocenters. The molecular formula is C23H24ClN7O. The maximum atomic E-state index is 12.4. The molecule has 0 N–H and O–H groups in total. The van der Waals surface area contributed by atoms with Gasteiger partial charge in [0.2, 0.25) is 11.9 Å². The molecule has 3 aliphatic heterocycles. The molecule has 0 saturated carbocycles. The van der Waals surface area contributed by atoms with Crippen LogP contribution >= 0.6 is 11.6 Å². The van der Waals surface area contributed by atoms with E-state index in [1.807, 2.05) is 48.4 Å². The molecule has 3 aromatic rings. The second-order valence-electron chi connectivity index (χ2n) is 9.18. The van der Waals surface area contributed by atoms with Crippen molar-refractivity contribution in [2.24, 2.45) is 5.41 Å². The van der Waals surface area contributed by atoms with Crippen LogP contribution in [0.4, 0.5) is 11.8 Å². The minimum Gasteiger partial charge on any atom is -0.355 e. The summed E-state index contributed by atoms with van der Waals surface area (Å²) in [6.45, 7) is 7.92. The van der Waals surface area contributed by atoms with Gasteiger partial charge < -0.3 is 14.7 Å². The first kappa shape index (κ1) is 19.5. The third-order valence-corrected chi connectivity index (χ3v) is 7.17. The topological polar surface area (TPSA) is 70.4 Å². The van der Waals surface area contributed by atoms with Gasteiger partial charge in [0.25, 0.3) is 0 Å². The Balaban J connectivity index is 1.29. The van der Waals surface area contributed by atoms with Crippen LogP contribution in [0.5, 0.6) is 0 Å². The lowest BCUT2D eigenvalue weighted by Gasteiger charge is -2.60. The molecule has 2 saturated heterocycles. The Labute approximate surface area is 191 Å². The number of hydrogen-bond acceptors (Lipinski definition) is 6. The van der Waals surface area contributed by atoms with Crippen LogP contribution in [0, 0.1) is 5.41 Å². The first-order chi connectivity index (χ1) is 15.4. The Hall–Kier alpha value is -3.13. The molecular weight excluding hydrogens is 426 g/mol. The average Bonchev–Trinajstić information content (AvgIpc) is 3.08. The number of halogens is 1. The van der Waals surface area contributed by atoms with Gasteiger partial charge in [0.15, 0.2) is 5.82 Å². The molecule has 1 atom stereocenters. The summed E-state index contributed by atoms with van der Waals surface area (Å²) in [6, 6.07) is 11.8. The normalized spacial score (nSPS) is 20.8. The molecule has 1 amide bonds. The number of hydrogen-bond donors (Lipinski definition) is 0. The Morgan fingerprint density at radius 3 is 2.59 bits per heavy atom. The highest BCUT2D eigenvalue weighted by atomic mass is 35.5.